The van der Waals surface area contributed by atoms with Crippen LogP contribution in [-0.2, 0) is 0 Å². The number of rotatable bonds is 2. The number of carbonyl (C=O) groups excluding carboxylic acids is 1. The minimum absolute atomic E-state index is 0.0939. The average Bonchev–Trinajstić information content (AvgIpc) is 2.48. The van der Waals surface area contributed by atoms with E-state index in [2.05, 4.69) is 5.16 Å². The van der Waals surface area contributed by atoms with E-state index in [1.165, 1.54) is 6.07 Å². The Kier molecular flexibility index (Phi) is 4.12. The molecule has 1 aromatic rings. The Morgan fingerprint density at radius 3 is 2.90 bits per heavy atom. The number of nitrogens with zero attached hydrogens (tertiary/aromatic N) is 2. The van der Waals surface area contributed by atoms with Gasteiger partial charge in [-0.3, -0.25) is 4.79 Å². The maximum absolute atomic E-state index is 12.4. The Bertz CT molecular complexity index is 542. The van der Waals surface area contributed by atoms with E-state index in [9.17, 15) is 9.90 Å². The van der Waals surface area contributed by atoms with Crippen molar-refractivity contribution in [2.75, 3.05) is 13.1 Å². The Balaban J connectivity index is 2.14. The zero-order chi connectivity index (χ0) is 14.7. The fourth-order valence-corrected chi connectivity index (χ4v) is 2.46. The maximum Gasteiger partial charge on any atom is 0.253 e. The molecule has 1 saturated heterocycles. The molecule has 0 saturated carbocycles. The second kappa shape index (κ2) is 5.81. The second-order valence-electron chi connectivity index (χ2n) is 5.12. The lowest BCUT2D eigenvalue weighted by atomic mass is 9.96. The van der Waals surface area contributed by atoms with Gasteiger partial charge in [0.25, 0.3) is 5.91 Å². The number of hydrogen-bond acceptors (Lipinski definition) is 4. The molecule has 6 nitrogen and oxygen atoms in total. The molecule has 1 aliphatic rings. The third kappa shape index (κ3) is 2.84. The van der Waals surface area contributed by atoms with Gasteiger partial charge in [-0.1, -0.05) is 5.16 Å². The number of carbonyl (C=O) groups is 1. The number of phenolic OH excluding ortho intramolecular Hbond substituents is 1. The monoisotopic (exact) mass is 277 g/mol. The van der Waals surface area contributed by atoms with Crippen molar-refractivity contribution in [1.82, 2.24) is 4.90 Å². The molecule has 1 atom stereocenters. The summed E-state index contributed by atoms with van der Waals surface area (Å²) in [4.78, 5) is 14.1. The van der Waals surface area contributed by atoms with E-state index < -0.39 is 0 Å². The standard InChI is InChI=1S/C14H19N3O3/c1-9-7-10(4-5-12(9)18)14(19)17-6-2-3-11(8-17)13(15)16-20/h4-5,7,11,18,20H,2-3,6,8H2,1H3,(H2,15,16). The topological polar surface area (TPSA) is 99.2 Å². The van der Waals surface area contributed by atoms with Gasteiger partial charge >= 0.3 is 0 Å². The highest BCUT2D eigenvalue weighted by atomic mass is 16.4. The van der Waals surface area contributed by atoms with Crippen LogP contribution in [0.4, 0.5) is 0 Å². The molecule has 1 aromatic carbocycles. The molecule has 0 spiro atoms. The Labute approximate surface area is 117 Å². The lowest BCUT2D eigenvalue weighted by Crippen LogP contribution is -2.44. The largest absolute Gasteiger partial charge is 0.508 e. The number of hydrogen-bond donors (Lipinski definition) is 3. The first-order valence-corrected chi connectivity index (χ1v) is 6.59. The molecule has 4 N–H and O–H groups in total. The van der Waals surface area contributed by atoms with Gasteiger partial charge in [-0.2, -0.15) is 0 Å². The zero-order valence-corrected chi connectivity index (χ0v) is 11.4. The van der Waals surface area contributed by atoms with Crippen molar-refractivity contribution in [3.8, 4) is 5.75 Å². The van der Waals surface area contributed by atoms with Crippen molar-refractivity contribution >= 4 is 11.7 Å². The van der Waals surface area contributed by atoms with Crippen LogP contribution in [0.3, 0.4) is 0 Å². The number of aromatic hydroxyl groups is 1. The van der Waals surface area contributed by atoms with Crippen LogP contribution in [0.25, 0.3) is 0 Å². The molecule has 0 radical (unpaired) electrons. The first-order valence-electron chi connectivity index (χ1n) is 6.59. The molecule has 1 amide bonds. The maximum atomic E-state index is 12.4. The van der Waals surface area contributed by atoms with Gasteiger partial charge in [-0.05, 0) is 43.5 Å². The van der Waals surface area contributed by atoms with E-state index in [0.717, 1.165) is 12.8 Å². The van der Waals surface area contributed by atoms with Gasteiger partial charge in [0.05, 0.1) is 0 Å². The lowest BCUT2D eigenvalue weighted by Gasteiger charge is -2.32. The van der Waals surface area contributed by atoms with Crippen molar-refractivity contribution in [2.45, 2.75) is 19.8 Å². The van der Waals surface area contributed by atoms with Gasteiger partial charge in [-0.25, -0.2) is 0 Å². The van der Waals surface area contributed by atoms with Gasteiger partial charge in [0.2, 0.25) is 0 Å². The number of benzene rings is 1. The third-order valence-electron chi connectivity index (χ3n) is 3.69. The van der Waals surface area contributed by atoms with Crippen LogP contribution in [0.15, 0.2) is 23.4 Å². The molecule has 0 bridgehead atoms. The van der Waals surface area contributed by atoms with E-state index in [1.54, 1.807) is 24.0 Å². The number of likely N-dealkylation sites (tertiary alicyclic amines) is 1. The summed E-state index contributed by atoms with van der Waals surface area (Å²) in [5, 5.41) is 21.3. The van der Waals surface area contributed by atoms with Crippen molar-refractivity contribution in [3.05, 3.63) is 29.3 Å². The summed E-state index contributed by atoms with van der Waals surface area (Å²) in [5.41, 5.74) is 6.83. The number of phenols is 1. The summed E-state index contributed by atoms with van der Waals surface area (Å²) >= 11 is 0. The van der Waals surface area contributed by atoms with Crippen LogP contribution >= 0.6 is 0 Å². The number of nitrogens with two attached hydrogens (primary N) is 1. The first-order chi connectivity index (χ1) is 9.52. The summed E-state index contributed by atoms with van der Waals surface area (Å²) in [6.07, 6.45) is 1.64. The van der Waals surface area contributed by atoms with Crippen LogP contribution in [0.2, 0.25) is 0 Å². The minimum atomic E-state index is -0.101. The highest BCUT2D eigenvalue weighted by molar-refractivity contribution is 5.95. The molecular weight excluding hydrogens is 258 g/mol. The highest BCUT2D eigenvalue weighted by Crippen LogP contribution is 2.21. The molecule has 1 aliphatic heterocycles. The van der Waals surface area contributed by atoms with Crippen molar-refractivity contribution in [1.29, 1.82) is 0 Å². The molecule has 108 valence electrons. The summed E-state index contributed by atoms with van der Waals surface area (Å²) in [6.45, 7) is 2.87. The quantitative estimate of drug-likeness (QED) is 0.328. The predicted molar refractivity (Wildman–Crippen MR) is 74.9 cm³/mol. The van der Waals surface area contributed by atoms with Crippen molar-refractivity contribution < 1.29 is 15.1 Å². The SMILES string of the molecule is Cc1cc(C(=O)N2CCCC(/C(N)=N/O)C2)ccc1O. The Hall–Kier alpha value is -2.24. The zero-order valence-electron chi connectivity index (χ0n) is 11.4. The minimum Gasteiger partial charge on any atom is -0.508 e. The fraction of sp³-hybridized carbons (Fsp3) is 0.429. The summed E-state index contributed by atoms with van der Waals surface area (Å²) < 4.78 is 0. The Morgan fingerprint density at radius 1 is 1.50 bits per heavy atom. The number of piperidine rings is 1. The summed E-state index contributed by atoms with van der Waals surface area (Å²) in [7, 11) is 0. The van der Waals surface area contributed by atoms with Gasteiger partial charge in [0, 0.05) is 24.6 Å². The van der Waals surface area contributed by atoms with E-state index in [1.807, 2.05) is 0 Å². The molecule has 6 heteroatoms. The molecule has 1 fully saturated rings. The van der Waals surface area contributed by atoms with Gasteiger partial charge in [0.1, 0.15) is 11.6 Å². The van der Waals surface area contributed by atoms with Gasteiger partial charge < -0.3 is 20.9 Å². The molecule has 2 rings (SSSR count). The van der Waals surface area contributed by atoms with Crippen LogP contribution in [-0.4, -0.2) is 40.0 Å². The van der Waals surface area contributed by atoms with E-state index in [-0.39, 0.29) is 23.4 Å². The van der Waals surface area contributed by atoms with E-state index >= 15 is 0 Å². The molecular formula is C14H19N3O3. The average molecular weight is 277 g/mol. The smallest absolute Gasteiger partial charge is 0.253 e. The number of oxime groups is 1. The fourth-order valence-electron chi connectivity index (χ4n) is 2.46. The highest BCUT2D eigenvalue weighted by Gasteiger charge is 2.27. The molecule has 1 unspecified atom stereocenters. The first kappa shape index (κ1) is 14.2. The predicted octanol–water partition coefficient (Wildman–Crippen LogP) is 1.30. The third-order valence-corrected chi connectivity index (χ3v) is 3.69. The number of amides is 1. The Morgan fingerprint density at radius 2 is 2.25 bits per heavy atom. The number of amidine groups is 1. The van der Waals surface area contributed by atoms with E-state index in [0.29, 0.717) is 24.2 Å². The molecule has 0 aliphatic carbocycles. The van der Waals surface area contributed by atoms with Gasteiger partial charge in [0.15, 0.2) is 0 Å². The molecule has 20 heavy (non-hydrogen) atoms. The van der Waals surface area contributed by atoms with Crippen LogP contribution in [0, 0.1) is 12.8 Å². The summed E-state index contributed by atoms with van der Waals surface area (Å²) in [5.74, 6) is 0.151. The van der Waals surface area contributed by atoms with E-state index in [4.69, 9.17) is 10.9 Å². The lowest BCUT2D eigenvalue weighted by molar-refractivity contribution is 0.0701. The van der Waals surface area contributed by atoms with Gasteiger partial charge in [-0.15, -0.1) is 0 Å². The number of aryl methyl sites for hydroxylation is 1. The normalized spacial score (nSPS) is 19.9. The van der Waals surface area contributed by atoms with Crippen molar-refractivity contribution in [3.63, 3.8) is 0 Å². The second-order valence-corrected chi connectivity index (χ2v) is 5.12. The van der Waals surface area contributed by atoms with Crippen LogP contribution in [0.1, 0.15) is 28.8 Å². The van der Waals surface area contributed by atoms with Crippen LogP contribution < -0.4 is 5.73 Å². The summed E-state index contributed by atoms with van der Waals surface area (Å²) in [6, 6.07) is 4.80. The molecule has 0 aromatic heterocycles. The molecule has 1 heterocycles. The van der Waals surface area contributed by atoms with Crippen molar-refractivity contribution in [2.24, 2.45) is 16.8 Å². The van der Waals surface area contributed by atoms with Crippen LogP contribution in [0.5, 0.6) is 5.75 Å².